The number of hydrazine groups is 1. The molecule has 2 N–H and O–H groups in total. The quantitative estimate of drug-likeness (QED) is 0.164. The van der Waals surface area contributed by atoms with E-state index in [2.05, 4.69) is 79.3 Å². The summed E-state index contributed by atoms with van der Waals surface area (Å²) in [6.45, 7) is 14.6. The fourth-order valence-electron chi connectivity index (χ4n) is 9.88. The molecule has 392 valence electrons. The minimum Gasteiger partial charge on any atom is -0.464 e. The second kappa shape index (κ2) is 27.2. The normalized spacial score (nSPS) is 20.2. The zero-order chi connectivity index (χ0) is 46.7. The fourth-order valence-corrected chi connectivity index (χ4v) is 10.7. The van der Waals surface area contributed by atoms with Crippen molar-refractivity contribution < 1.29 is 28.7 Å². The van der Waals surface area contributed by atoms with Crippen molar-refractivity contribution in [1.82, 2.24) is 45.0 Å². The Morgan fingerprint density at radius 3 is 2.39 bits per heavy atom. The van der Waals surface area contributed by atoms with Crippen molar-refractivity contribution in [3.8, 4) is 22.5 Å². The number of ether oxygens (including phenoxy) is 2. The number of thiazole rings is 1. The molecule has 3 aliphatic rings. The first-order valence-electron chi connectivity index (χ1n) is 23.3. The van der Waals surface area contributed by atoms with Crippen LogP contribution in [0.5, 0.6) is 0 Å². The van der Waals surface area contributed by atoms with Gasteiger partial charge in [-0.05, 0) is 102 Å². The molecule has 6 heterocycles. The van der Waals surface area contributed by atoms with Crippen molar-refractivity contribution in [1.29, 1.82) is 0 Å². The van der Waals surface area contributed by atoms with Gasteiger partial charge < -0.3 is 34.1 Å². The maximum absolute atomic E-state index is 14.7. The highest BCUT2D eigenvalue weighted by molar-refractivity contribution is 7.60. The van der Waals surface area contributed by atoms with E-state index in [1.54, 1.807) is 20.4 Å². The summed E-state index contributed by atoms with van der Waals surface area (Å²) in [5.74, 6) is -1.49. The molecule has 1 aromatic carbocycles. The second-order valence-corrected chi connectivity index (χ2v) is 20.3. The molecule has 0 spiro atoms. The van der Waals surface area contributed by atoms with Crippen molar-refractivity contribution >= 4 is 114 Å². The summed E-state index contributed by atoms with van der Waals surface area (Å²) in [7, 11) is 7.51. The maximum atomic E-state index is 14.7. The van der Waals surface area contributed by atoms with Crippen LogP contribution in [0.3, 0.4) is 0 Å². The van der Waals surface area contributed by atoms with Gasteiger partial charge in [0, 0.05) is 91.8 Å². The number of benzene rings is 1. The highest BCUT2D eigenvalue weighted by atomic mass is 32.1. The number of carbonyl (C=O) groups is 4. The molecule has 0 unspecified atom stereocenters. The molecular formula is C49H79N9O6S6. The number of hydrogen-bond donors (Lipinski definition) is 2. The van der Waals surface area contributed by atoms with E-state index in [1.807, 2.05) is 37.1 Å². The number of carbonyl (C=O) groups excluding carboxylic acids is 4. The lowest BCUT2D eigenvalue weighted by Crippen LogP contribution is -2.62. The Hall–Kier alpha value is -3.15. The van der Waals surface area contributed by atoms with Crippen LogP contribution in [0.25, 0.3) is 33.4 Å². The third kappa shape index (κ3) is 13.9. The average Bonchev–Trinajstić information content (AvgIpc) is 3.78. The van der Waals surface area contributed by atoms with Gasteiger partial charge in [0.1, 0.15) is 18.1 Å². The minimum atomic E-state index is -1.04. The van der Waals surface area contributed by atoms with Crippen molar-refractivity contribution in [3.63, 3.8) is 0 Å². The third-order valence-electron chi connectivity index (χ3n) is 13.5. The Labute approximate surface area is 454 Å². The van der Waals surface area contributed by atoms with E-state index in [-0.39, 0.29) is 104 Å². The Balaban J connectivity index is 0.00000336. The number of aromatic nitrogens is 3. The molecule has 3 aromatic heterocycles. The SMILES string of the molecule is CCn1c(-c2cccnc2[C@H](C)OC)c2c3cc(ccc31)-c1csc(n1)C[C@H](NC(=O)[C@H](C(C)C)N(C)C(=O)N1CCC[C@H](N(C)C)CC1)C(=O)N1CCC[C@H](N1)C(=O)OCC(C)(C)C2.S.S.S.S.S. The van der Waals surface area contributed by atoms with Crippen molar-refractivity contribution in [2.75, 3.05) is 54.5 Å². The van der Waals surface area contributed by atoms with Crippen LogP contribution in [0.1, 0.15) is 96.0 Å². The number of rotatable bonds is 9. The molecule has 0 saturated carbocycles. The first kappa shape index (κ1) is 63.0. The van der Waals surface area contributed by atoms with Gasteiger partial charge in [0.2, 0.25) is 5.91 Å². The summed E-state index contributed by atoms with van der Waals surface area (Å²) in [5, 5.41) is 8.26. The molecule has 0 radical (unpaired) electrons. The van der Waals surface area contributed by atoms with Gasteiger partial charge in [-0.3, -0.25) is 24.4 Å². The molecule has 15 nitrogen and oxygen atoms in total. The van der Waals surface area contributed by atoms with E-state index in [9.17, 15) is 19.2 Å². The number of cyclic esters (lactones) is 1. The average molecular weight is 1080 g/mol. The molecule has 6 bridgehead atoms. The first-order chi connectivity index (χ1) is 31.0. The number of urea groups is 1. The number of esters is 1. The van der Waals surface area contributed by atoms with E-state index in [0.29, 0.717) is 56.5 Å². The van der Waals surface area contributed by atoms with Crippen molar-refractivity contribution in [3.05, 3.63) is 58.2 Å². The van der Waals surface area contributed by atoms with Gasteiger partial charge in [-0.2, -0.15) is 67.5 Å². The van der Waals surface area contributed by atoms with Crippen LogP contribution in [-0.2, 0) is 43.2 Å². The van der Waals surface area contributed by atoms with Gasteiger partial charge in [0.05, 0.1) is 34.8 Å². The Kier molecular flexibility index (Phi) is 24.5. The molecule has 21 heteroatoms. The monoisotopic (exact) mass is 1080 g/mol. The summed E-state index contributed by atoms with van der Waals surface area (Å²) in [6.07, 6.45) is 6.05. The lowest BCUT2D eigenvalue weighted by Gasteiger charge is -2.37. The van der Waals surface area contributed by atoms with Crippen LogP contribution in [-0.4, -0.2) is 137 Å². The lowest BCUT2D eigenvalue weighted by molar-refractivity contribution is -0.155. The van der Waals surface area contributed by atoms with E-state index in [1.165, 1.54) is 21.2 Å². The van der Waals surface area contributed by atoms with Gasteiger partial charge in [0.15, 0.2) is 0 Å². The number of likely N-dealkylation sites (tertiary alicyclic amines) is 1. The van der Waals surface area contributed by atoms with Gasteiger partial charge in [-0.15, -0.1) is 11.3 Å². The number of pyridine rings is 1. The molecule has 0 aliphatic carbocycles. The molecule has 3 aliphatic heterocycles. The van der Waals surface area contributed by atoms with Crippen LogP contribution >= 0.6 is 78.8 Å². The highest BCUT2D eigenvalue weighted by Gasteiger charge is 2.39. The number of likely N-dealkylation sites (N-methyl/N-ethyl adjacent to an activating group) is 1. The largest absolute Gasteiger partial charge is 0.464 e. The molecule has 4 aromatic rings. The molecule has 7 rings (SSSR count). The number of nitrogens with zero attached hydrogens (tertiary/aromatic N) is 7. The van der Waals surface area contributed by atoms with Crippen LogP contribution < -0.4 is 10.7 Å². The van der Waals surface area contributed by atoms with Gasteiger partial charge in [0.25, 0.3) is 5.91 Å². The topological polar surface area (TPSA) is 154 Å². The van der Waals surface area contributed by atoms with Crippen LogP contribution in [0.15, 0.2) is 41.9 Å². The van der Waals surface area contributed by atoms with E-state index in [0.717, 1.165) is 63.9 Å². The lowest BCUT2D eigenvalue weighted by atomic mass is 9.84. The summed E-state index contributed by atoms with van der Waals surface area (Å²) >= 11 is 1.44. The predicted molar refractivity (Wildman–Crippen MR) is 306 cm³/mol. The Morgan fingerprint density at radius 2 is 1.71 bits per heavy atom. The van der Waals surface area contributed by atoms with Crippen LogP contribution in [0, 0.1) is 11.3 Å². The molecule has 70 heavy (non-hydrogen) atoms. The van der Waals surface area contributed by atoms with E-state index < -0.39 is 35.4 Å². The predicted octanol–water partition coefficient (Wildman–Crippen LogP) is 7.26. The van der Waals surface area contributed by atoms with Gasteiger partial charge >= 0.3 is 12.0 Å². The highest BCUT2D eigenvalue weighted by Crippen LogP contribution is 2.42. The first-order valence-corrected chi connectivity index (χ1v) is 24.2. The fraction of sp³-hybridized carbons (Fsp3) is 0.592. The maximum Gasteiger partial charge on any atom is 0.324 e. The summed E-state index contributed by atoms with van der Waals surface area (Å²) in [4.78, 5) is 72.6. The van der Waals surface area contributed by atoms with E-state index >= 15 is 0 Å². The number of fused-ring (bicyclic) bond motifs is 6. The Morgan fingerprint density at radius 1 is 1.00 bits per heavy atom. The van der Waals surface area contributed by atoms with Crippen LogP contribution in [0.4, 0.5) is 4.79 Å². The van der Waals surface area contributed by atoms with Gasteiger partial charge in [-0.1, -0.05) is 33.8 Å². The number of amides is 4. The molecule has 2 saturated heterocycles. The minimum absolute atomic E-state index is 0. The van der Waals surface area contributed by atoms with E-state index in [4.69, 9.17) is 19.4 Å². The number of aryl methyl sites for hydroxylation is 1. The zero-order valence-corrected chi connectivity index (χ0v) is 48.3. The zero-order valence-electron chi connectivity index (χ0n) is 42.5. The standard InChI is InChI=1S/C49H69N9O6S.5H2S/c1-11-57-40-19-18-32-25-35(40)36(44(57)34-16-12-21-50-42(34)31(4)63-10)27-49(5,6)29-64-47(61)37-17-14-23-58(53-37)46(60)38(26-41-51-39(32)28-65-41)52-45(59)43(30(2)3)55(9)48(62)56-22-13-15-33(20-24-56)54(7)8;;;;;/h12,16,18-19,21,25,28,30-31,33,37-38,43,53H,11,13-15,17,20,22-24,26-27,29H2,1-10H3,(H,52,59);5*1H2/t31-,33-,37-,38-,43-;;;;;/m0...../s1. The summed E-state index contributed by atoms with van der Waals surface area (Å²) in [5.41, 5.74) is 9.42. The number of hydrogen-bond acceptors (Lipinski definition) is 11. The number of nitrogens with one attached hydrogen (secondary N) is 2. The smallest absolute Gasteiger partial charge is 0.324 e. The van der Waals surface area contributed by atoms with Crippen molar-refractivity contribution in [2.24, 2.45) is 11.3 Å². The van der Waals surface area contributed by atoms with Gasteiger partial charge in [-0.25, -0.2) is 15.2 Å². The summed E-state index contributed by atoms with van der Waals surface area (Å²) in [6, 6.07) is 8.03. The third-order valence-corrected chi connectivity index (χ3v) is 14.3. The van der Waals surface area contributed by atoms with Crippen LogP contribution in [0.2, 0.25) is 0 Å². The number of methoxy groups -OCH3 is 1. The second-order valence-electron chi connectivity index (χ2n) is 19.4. The molecule has 2 fully saturated rings. The molecule has 4 amide bonds. The van der Waals surface area contributed by atoms with Crippen molar-refractivity contribution in [2.45, 2.75) is 123 Å². The molecule has 5 atom stereocenters. The summed E-state index contributed by atoms with van der Waals surface area (Å²) < 4.78 is 14.3. The molecular weight excluding hydrogens is 1000 g/mol. The Bertz CT molecular complexity index is 2380.